The van der Waals surface area contributed by atoms with Crippen molar-refractivity contribution in [3.05, 3.63) is 147 Å². The van der Waals surface area contributed by atoms with Gasteiger partial charge >= 0.3 is 283 Å². The number of phenols is 2. The van der Waals surface area contributed by atoms with Gasteiger partial charge in [0.25, 0.3) is 0 Å². The Labute approximate surface area is 301 Å². The second-order valence-electron chi connectivity index (χ2n) is 15.0. The van der Waals surface area contributed by atoms with Crippen molar-refractivity contribution in [1.82, 2.24) is 0 Å². The fraction of sp³-hybridized carbons (Fsp3) is 0.268. The van der Waals surface area contributed by atoms with Crippen LogP contribution in [0.3, 0.4) is 0 Å². The second kappa shape index (κ2) is 14.1. The Hall–Kier alpha value is -3.92. The number of phenolic OH excluding ortho intramolecular Hbond substituents is 2. The van der Waals surface area contributed by atoms with Gasteiger partial charge in [0.2, 0.25) is 0 Å². The fourth-order valence-electron chi connectivity index (χ4n) is 6.64. The standard InChI is InChI=1S/C41H45GeO5Si2/c1-48(2,3)46-40-33-18-10-19-34(40)24-29-14-8-15-30(38(29)44)25-35-20-11-21-36(41(35)47-49(4,5)6)26-32-17-9-16-31(39(32)45-42)22-27-12-7-13-28(23-33)37(27)43/h7-21,43-44H,22-26H2,1-6H3. The van der Waals surface area contributed by atoms with Gasteiger partial charge < -0.3 is 0 Å². The summed E-state index contributed by atoms with van der Waals surface area (Å²) in [6.07, 6.45) is 2.73. The van der Waals surface area contributed by atoms with E-state index < -0.39 is 16.6 Å². The topological polar surface area (TPSA) is 68.2 Å². The number of hydrogen-bond acceptors (Lipinski definition) is 5. The molecule has 1 aliphatic rings. The zero-order valence-electron chi connectivity index (χ0n) is 29.3. The Morgan fingerprint density at radius 3 is 0.878 bits per heavy atom. The summed E-state index contributed by atoms with van der Waals surface area (Å²) in [5.74, 6) is 3.13. The van der Waals surface area contributed by atoms with Crippen LogP contribution in [0.5, 0.6) is 28.7 Å². The Balaban J connectivity index is 1.58. The Morgan fingerprint density at radius 1 is 0.408 bits per heavy atom. The molecule has 0 saturated heterocycles. The van der Waals surface area contributed by atoms with Crippen LogP contribution in [-0.2, 0) is 32.1 Å². The molecule has 5 aromatic rings. The molecule has 0 aliphatic heterocycles. The predicted octanol–water partition coefficient (Wildman–Crippen LogP) is 9.25. The Kier molecular flexibility index (Phi) is 10.1. The minimum atomic E-state index is -2.03. The van der Waals surface area contributed by atoms with Crippen LogP contribution < -0.4 is 12.6 Å². The zero-order valence-corrected chi connectivity index (χ0v) is 33.4. The summed E-state index contributed by atoms with van der Waals surface area (Å²) in [6, 6.07) is 30.9. The van der Waals surface area contributed by atoms with E-state index in [1.54, 1.807) is 16.9 Å². The molecular formula is C41H45GeO5Si2. The molecule has 49 heavy (non-hydrogen) atoms. The van der Waals surface area contributed by atoms with Crippen LogP contribution >= 0.6 is 0 Å². The third kappa shape index (κ3) is 8.11. The molecule has 0 amide bonds. The molecule has 6 rings (SSSR count). The molecule has 10 bridgehead atoms. The number of hydrogen-bond donors (Lipinski definition) is 2. The van der Waals surface area contributed by atoms with E-state index in [-0.39, 0.29) is 5.75 Å². The molecule has 0 unspecified atom stereocenters. The average Bonchev–Trinajstić information content (AvgIpc) is 3.02. The Morgan fingerprint density at radius 2 is 0.633 bits per heavy atom. The van der Waals surface area contributed by atoms with Gasteiger partial charge in [0.05, 0.1) is 0 Å². The number of para-hydroxylation sites is 5. The molecule has 0 fully saturated rings. The van der Waals surface area contributed by atoms with Gasteiger partial charge in [-0.05, 0) is 19.6 Å². The van der Waals surface area contributed by atoms with Crippen molar-refractivity contribution in [3.63, 3.8) is 0 Å². The van der Waals surface area contributed by atoms with Crippen LogP contribution in [0.4, 0.5) is 0 Å². The third-order valence-corrected chi connectivity index (χ3v) is 10.8. The van der Waals surface area contributed by atoms with E-state index in [0.29, 0.717) is 37.9 Å². The summed E-state index contributed by atoms with van der Waals surface area (Å²) >= 11 is 1.72. The predicted molar refractivity (Wildman–Crippen MR) is 204 cm³/mol. The van der Waals surface area contributed by atoms with Crippen LogP contribution in [0, 0.1) is 0 Å². The monoisotopic (exact) mass is 747 g/mol. The Bertz CT molecular complexity index is 1990. The number of benzene rings is 5. The van der Waals surface area contributed by atoms with Gasteiger partial charge in [-0.2, -0.15) is 0 Å². The molecule has 0 saturated carbocycles. The SMILES string of the molecule is C[Si](C)(C)Oc1c2cccc1Cc1cccc(c1O)Cc1cccc(c1O[Si](C)(C)C)Cc1cccc(c1[O][Ge])Cc1cccc(c1O)C2. The van der Waals surface area contributed by atoms with Crippen molar-refractivity contribution in [3.8, 4) is 28.7 Å². The molecule has 2 N–H and O–H groups in total. The van der Waals surface area contributed by atoms with Crippen LogP contribution in [-0.4, -0.2) is 43.7 Å². The summed E-state index contributed by atoms with van der Waals surface area (Å²) in [5, 5.41) is 23.5. The third-order valence-electron chi connectivity index (χ3n) is 8.76. The van der Waals surface area contributed by atoms with E-state index in [2.05, 4.69) is 93.9 Å². The number of rotatable bonds is 5. The van der Waals surface area contributed by atoms with E-state index in [9.17, 15) is 10.2 Å². The van der Waals surface area contributed by atoms with Crippen molar-refractivity contribution in [2.24, 2.45) is 0 Å². The summed E-state index contributed by atoms with van der Waals surface area (Å²) in [4.78, 5) is 0. The van der Waals surface area contributed by atoms with E-state index in [0.717, 1.165) is 72.9 Å². The first-order chi connectivity index (χ1) is 23.3. The maximum atomic E-state index is 11.8. The van der Waals surface area contributed by atoms with Gasteiger partial charge in [-0.15, -0.1) is 0 Å². The molecule has 0 spiro atoms. The van der Waals surface area contributed by atoms with Crippen LogP contribution in [0.15, 0.2) is 91.0 Å². The van der Waals surface area contributed by atoms with E-state index in [1.165, 1.54) is 0 Å². The molecule has 0 atom stereocenters. The summed E-state index contributed by atoms with van der Waals surface area (Å²) < 4.78 is 19.7. The molecule has 0 heterocycles. The van der Waals surface area contributed by atoms with Gasteiger partial charge in [0.1, 0.15) is 0 Å². The van der Waals surface area contributed by atoms with Crippen molar-refractivity contribution in [1.29, 1.82) is 0 Å². The van der Waals surface area contributed by atoms with Gasteiger partial charge in [-0.1, -0.05) is 0 Å². The molecule has 8 heteroatoms. The summed E-state index contributed by atoms with van der Waals surface area (Å²) in [6.45, 7) is 13.2. The first kappa shape index (κ1) is 34.9. The van der Waals surface area contributed by atoms with Crippen molar-refractivity contribution < 1.29 is 22.8 Å². The van der Waals surface area contributed by atoms with Gasteiger partial charge in [-0.25, -0.2) is 0 Å². The van der Waals surface area contributed by atoms with Crippen molar-refractivity contribution in [2.45, 2.75) is 71.4 Å². The second-order valence-corrected chi connectivity index (χ2v) is 24.3. The quantitative estimate of drug-likeness (QED) is 0.172. The van der Waals surface area contributed by atoms with Gasteiger partial charge in [0, 0.05) is 0 Å². The molecular weight excluding hydrogens is 701 g/mol. The molecule has 3 radical (unpaired) electrons. The average molecular weight is 747 g/mol. The first-order valence-electron chi connectivity index (χ1n) is 16.9. The number of fused-ring (bicyclic) bond motifs is 10. The maximum absolute atomic E-state index is 11.8. The van der Waals surface area contributed by atoms with E-state index in [4.69, 9.17) is 12.6 Å². The van der Waals surface area contributed by atoms with Crippen molar-refractivity contribution in [2.75, 3.05) is 0 Å². The van der Waals surface area contributed by atoms with Crippen LogP contribution in [0.2, 0.25) is 39.3 Å². The van der Waals surface area contributed by atoms with E-state index in [1.807, 2.05) is 36.4 Å². The van der Waals surface area contributed by atoms with Gasteiger partial charge in [-0.3, -0.25) is 0 Å². The molecule has 1 aliphatic carbocycles. The van der Waals surface area contributed by atoms with E-state index >= 15 is 0 Å². The van der Waals surface area contributed by atoms with Crippen molar-refractivity contribution >= 4 is 33.5 Å². The normalized spacial score (nSPS) is 13.4. The fourth-order valence-corrected chi connectivity index (χ4v) is 8.94. The molecule has 5 aromatic carbocycles. The van der Waals surface area contributed by atoms with Crippen LogP contribution in [0.1, 0.15) is 55.6 Å². The van der Waals surface area contributed by atoms with Gasteiger partial charge in [0.15, 0.2) is 0 Å². The minimum absolute atomic E-state index is 0.289. The van der Waals surface area contributed by atoms with Crippen LogP contribution in [0.25, 0.3) is 0 Å². The zero-order chi connectivity index (χ0) is 34.9. The molecule has 251 valence electrons. The molecule has 0 aromatic heterocycles. The summed E-state index contributed by atoms with van der Waals surface area (Å²) in [5.41, 5.74) is 9.61. The summed E-state index contributed by atoms with van der Waals surface area (Å²) in [7, 11) is -4.05. The molecule has 5 nitrogen and oxygen atoms in total. The first-order valence-corrected chi connectivity index (χ1v) is 24.6. The number of aromatic hydroxyl groups is 2.